The highest BCUT2D eigenvalue weighted by Gasteiger charge is 1.94. The molecule has 1 N–H and O–H groups in total. The third-order valence-electron chi connectivity index (χ3n) is 1.23. The Balaban J connectivity index is 0.000000583. The molecule has 0 amide bonds. The van der Waals surface area contributed by atoms with E-state index in [-0.39, 0.29) is 0 Å². The monoisotopic (exact) mass is 246 g/mol. The van der Waals surface area contributed by atoms with Crippen molar-refractivity contribution in [1.29, 1.82) is 0 Å². The number of rotatable bonds is 2. The normalized spacial score (nSPS) is 10.5. The van der Waals surface area contributed by atoms with Gasteiger partial charge in [-0.05, 0) is 17.2 Å². The Morgan fingerprint density at radius 3 is 2.13 bits per heavy atom. The van der Waals surface area contributed by atoms with E-state index in [1.54, 1.807) is 24.3 Å². The minimum absolute atomic E-state index is 0.732. The van der Waals surface area contributed by atoms with Crippen LogP contribution in [0.1, 0.15) is 5.56 Å². The van der Waals surface area contributed by atoms with Crippen LogP contribution >= 0.6 is 11.6 Å². The summed E-state index contributed by atoms with van der Waals surface area (Å²) in [4.78, 5) is 0. The Bertz CT molecular complexity index is 410. The first kappa shape index (κ1) is 13.9. The van der Waals surface area contributed by atoms with Gasteiger partial charge in [-0.2, -0.15) is 8.42 Å². The Morgan fingerprint density at radius 1 is 1.27 bits per heavy atom. The van der Waals surface area contributed by atoms with Crippen LogP contribution < -0.4 is 0 Å². The van der Waals surface area contributed by atoms with Crippen LogP contribution in [0.2, 0.25) is 0 Å². The lowest BCUT2D eigenvalue weighted by Crippen LogP contribution is -1.88. The molecule has 1 aromatic rings. The van der Waals surface area contributed by atoms with Crippen molar-refractivity contribution in [2.45, 2.75) is 0 Å². The molecule has 0 aliphatic heterocycles. The van der Waals surface area contributed by atoms with E-state index >= 15 is 0 Å². The fourth-order valence-electron chi connectivity index (χ4n) is 0.729. The number of hydrogen-bond acceptors (Lipinski definition) is 2. The van der Waals surface area contributed by atoms with Crippen molar-refractivity contribution in [3.8, 4) is 0 Å². The van der Waals surface area contributed by atoms with Gasteiger partial charge in [0.05, 0.1) is 5.41 Å². The van der Waals surface area contributed by atoms with Gasteiger partial charge in [0.15, 0.2) is 0 Å². The van der Waals surface area contributed by atoms with E-state index in [0.717, 1.165) is 11.0 Å². The molecule has 82 valence electrons. The van der Waals surface area contributed by atoms with E-state index in [1.165, 1.54) is 11.6 Å². The van der Waals surface area contributed by atoms with E-state index < -0.39 is 10.1 Å². The van der Waals surface area contributed by atoms with Gasteiger partial charge in [-0.25, -0.2) is 0 Å². The van der Waals surface area contributed by atoms with Crippen molar-refractivity contribution >= 4 is 27.8 Å². The first-order valence-electron chi connectivity index (χ1n) is 3.91. The Morgan fingerprint density at radius 2 is 1.73 bits per heavy atom. The molecule has 0 atom stereocenters. The van der Waals surface area contributed by atoms with Gasteiger partial charge in [0.2, 0.25) is 0 Å². The summed E-state index contributed by atoms with van der Waals surface area (Å²) in [6, 6.07) is 8.86. The first-order chi connectivity index (χ1) is 6.99. The summed E-state index contributed by atoms with van der Waals surface area (Å²) in [5, 5.41) is 0.752. The lowest BCUT2D eigenvalue weighted by atomic mass is 10.2. The number of hydrogen-bond donors (Lipinski definition) is 1. The van der Waals surface area contributed by atoms with E-state index in [4.69, 9.17) is 16.2 Å². The standard InChI is InChI=1S/C8H8O3S.C2H3Cl/c9-12(10,11)7-6-8-4-2-1-3-5-8;1-2-3/h1-7H,(H,9,10,11);2H,1H2. The zero-order valence-corrected chi connectivity index (χ0v) is 9.45. The van der Waals surface area contributed by atoms with Gasteiger partial charge >= 0.3 is 0 Å². The number of halogens is 1. The van der Waals surface area contributed by atoms with Gasteiger partial charge < -0.3 is 0 Å². The van der Waals surface area contributed by atoms with Crippen molar-refractivity contribution in [1.82, 2.24) is 0 Å². The van der Waals surface area contributed by atoms with Crippen LogP contribution in [-0.4, -0.2) is 13.0 Å². The molecule has 0 spiro atoms. The average molecular weight is 247 g/mol. The molecule has 1 rings (SSSR count). The summed E-state index contributed by atoms with van der Waals surface area (Å²) in [6.45, 7) is 3.13. The molecule has 0 fully saturated rings. The summed E-state index contributed by atoms with van der Waals surface area (Å²) in [5.74, 6) is 0. The highest BCUT2D eigenvalue weighted by Crippen LogP contribution is 2.01. The Hall–Kier alpha value is -1.10. The van der Waals surface area contributed by atoms with Crippen molar-refractivity contribution in [3.63, 3.8) is 0 Å². The Labute approximate surface area is 94.4 Å². The lowest BCUT2D eigenvalue weighted by Gasteiger charge is -1.89. The van der Waals surface area contributed by atoms with Crippen molar-refractivity contribution in [3.05, 3.63) is 53.4 Å². The molecule has 0 heterocycles. The predicted molar refractivity (Wildman–Crippen MR) is 63.1 cm³/mol. The molecule has 15 heavy (non-hydrogen) atoms. The topological polar surface area (TPSA) is 54.4 Å². The van der Waals surface area contributed by atoms with E-state index in [0.29, 0.717) is 0 Å². The minimum atomic E-state index is -4.00. The molecule has 5 heteroatoms. The summed E-state index contributed by atoms with van der Waals surface area (Å²) >= 11 is 4.76. The molecule has 0 radical (unpaired) electrons. The second-order valence-corrected chi connectivity index (χ2v) is 3.99. The largest absolute Gasteiger partial charge is 0.287 e. The van der Waals surface area contributed by atoms with Crippen LogP contribution in [0.15, 0.2) is 47.9 Å². The highest BCUT2D eigenvalue weighted by molar-refractivity contribution is 7.88. The predicted octanol–water partition coefficient (Wildman–Crippen LogP) is 2.91. The first-order valence-corrected chi connectivity index (χ1v) is 5.85. The maximum absolute atomic E-state index is 10.3. The molecule has 0 saturated heterocycles. The van der Waals surface area contributed by atoms with Gasteiger partial charge in [0, 0.05) is 0 Å². The van der Waals surface area contributed by atoms with Crippen molar-refractivity contribution in [2.24, 2.45) is 0 Å². The molecule has 0 bridgehead atoms. The third-order valence-corrected chi connectivity index (χ3v) is 1.71. The summed E-state index contributed by atoms with van der Waals surface area (Å²) in [7, 11) is -4.00. The zero-order valence-electron chi connectivity index (χ0n) is 7.88. The molecule has 0 saturated carbocycles. The van der Waals surface area contributed by atoms with Crippen molar-refractivity contribution in [2.75, 3.05) is 0 Å². The number of benzene rings is 1. The molecule has 0 aliphatic rings. The maximum Gasteiger partial charge on any atom is 0.287 e. The van der Waals surface area contributed by atoms with Crippen LogP contribution in [0.25, 0.3) is 6.08 Å². The fraction of sp³-hybridized carbons (Fsp3) is 0. The summed E-state index contributed by atoms with van der Waals surface area (Å²) < 4.78 is 28.9. The lowest BCUT2D eigenvalue weighted by molar-refractivity contribution is 0.494. The van der Waals surface area contributed by atoms with Crippen LogP contribution in [0, 0.1) is 0 Å². The maximum atomic E-state index is 10.3. The molecule has 0 aliphatic carbocycles. The van der Waals surface area contributed by atoms with Crippen LogP contribution in [0.4, 0.5) is 0 Å². The van der Waals surface area contributed by atoms with E-state index in [1.807, 2.05) is 6.07 Å². The van der Waals surface area contributed by atoms with Gasteiger partial charge in [-0.3, -0.25) is 4.55 Å². The fourth-order valence-corrected chi connectivity index (χ4v) is 1.06. The summed E-state index contributed by atoms with van der Waals surface area (Å²) in [6.07, 6.45) is 1.33. The summed E-state index contributed by atoms with van der Waals surface area (Å²) in [5.41, 5.74) is 1.95. The van der Waals surface area contributed by atoms with E-state index in [9.17, 15) is 8.42 Å². The quantitative estimate of drug-likeness (QED) is 0.817. The van der Waals surface area contributed by atoms with Gasteiger partial charge in [0.1, 0.15) is 0 Å². The highest BCUT2D eigenvalue weighted by atomic mass is 35.5. The molecule has 0 unspecified atom stereocenters. The molecular formula is C10H11ClO3S. The van der Waals surface area contributed by atoms with Gasteiger partial charge in [0.25, 0.3) is 10.1 Å². The average Bonchev–Trinajstić information content (AvgIpc) is 2.17. The Kier molecular flexibility index (Phi) is 6.70. The van der Waals surface area contributed by atoms with Crippen molar-refractivity contribution < 1.29 is 13.0 Å². The third kappa shape index (κ3) is 9.21. The molecular weight excluding hydrogens is 236 g/mol. The van der Waals surface area contributed by atoms with Gasteiger partial charge in [-0.1, -0.05) is 48.5 Å². The molecule has 0 aromatic heterocycles. The molecule has 3 nitrogen and oxygen atoms in total. The SMILES string of the molecule is C=CCl.O=S(=O)(O)C=Cc1ccccc1. The van der Waals surface area contributed by atoms with Crippen LogP contribution in [0.3, 0.4) is 0 Å². The smallest absolute Gasteiger partial charge is 0.282 e. The minimum Gasteiger partial charge on any atom is -0.282 e. The second-order valence-electron chi connectivity index (χ2n) is 2.38. The second kappa shape index (κ2) is 7.23. The van der Waals surface area contributed by atoms with E-state index in [2.05, 4.69) is 6.58 Å². The molecule has 1 aromatic carbocycles. The van der Waals surface area contributed by atoms with Gasteiger partial charge in [-0.15, -0.1) is 0 Å². The van der Waals surface area contributed by atoms with Crippen LogP contribution in [-0.2, 0) is 10.1 Å². The van der Waals surface area contributed by atoms with Crippen LogP contribution in [0.5, 0.6) is 0 Å². The zero-order chi connectivity index (χ0) is 11.7.